The van der Waals surface area contributed by atoms with Crippen molar-refractivity contribution in [2.24, 2.45) is 5.73 Å². The number of nitrogens with zero attached hydrogens (tertiary/aromatic N) is 1. The zero-order chi connectivity index (χ0) is 14.0. The van der Waals surface area contributed by atoms with Crippen LogP contribution >= 0.6 is 0 Å². The Hall–Kier alpha value is -2.77. The molecule has 1 aromatic rings. The van der Waals surface area contributed by atoms with Crippen molar-refractivity contribution in [2.45, 2.75) is 0 Å². The second-order valence-electron chi connectivity index (χ2n) is 3.91. The van der Waals surface area contributed by atoms with Crippen LogP contribution in [0.4, 0.5) is 16.2 Å². The van der Waals surface area contributed by atoms with Crippen LogP contribution in [0, 0.1) is 0 Å². The van der Waals surface area contributed by atoms with Crippen molar-refractivity contribution in [1.29, 1.82) is 0 Å². The number of urea groups is 1. The first kappa shape index (κ1) is 12.7. The van der Waals surface area contributed by atoms with E-state index >= 15 is 0 Å². The lowest BCUT2D eigenvalue weighted by Gasteiger charge is -2.28. The zero-order valence-electron chi connectivity index (χ0n) is 9.88. The number of carbonyl (C=O) groups excluding carboxylic acids is 3. The van der Waals surface area contributed by atoms with Gasteiger partial charge in [-0.2, -0.15) is 0 Å². The van der Waals surface area contributed by atoms with Crippen LogP contribution in [-0.2, 0) is 9.59 Å². The second kappa shape index (κ2) is 4.84. The van der Waals surface area contributed by atoms with Crippen LogP contribution in [0.5, 0.6) is 5.75 Å². The van der Waals surface area contributed by atoms with E-state index in [2.05, 4.69) is 0 Å². The summed E-state index contributed by atoms with van der Waals surface area (Å²) >= 11 is 0. The first-order valence-electron chi connectivity index (χ1n) is 5.39. The van der Waals surface area contributed by atoms with Gasteiger partial charge in [0.05, 0.1) is 5.69 Å². The first-order valence-corrected chi connectivity index (χ1v) is 5.39. The Morgan fingerprint density at radius 1 is 1.42 bits per heavy atom. The van der Waals surface area contributed by atoms with Gasteiger partial charge >= 0.3 is 6.03 Å². The molecular formula is C11H12N4O4. The molecule has 0 saturated heterocycles. The van der Waals surface area contributed by atoms with Crippen LogP contribution in [0.15, 0.2) is 18.2 Å². The van der Waals surface area contributed by atoms with E-state index in [9.17, 15) is 14.4 Å². The predicted octanol–water partition coefficient (Wildman–Crippen LogP) is -0.811. The molecule has 100 valence electrons. The lowest BCUT2D eigenvalue weighted by molar-refractivity contribution is -0.124. The number of nitrogens with two attached hydrogens (primary N) is 2. The number of primary amides is 1. The highest BCUT2D eigenvalue weighted by Gasteiger charge is 2.27. The van der Waals surface area contributed by atoms with Gasteiger partial charge in [-0.25, -0.2) is 4.79 Å². The van der Waals surface area contributed by atoms with Gasteiger partial charge in [-0.15, -0.1) is 0 Å². The molecule has 1 aliphatic rings. The summed E-state index contributed by atoms with van der Waals surface area (Å²) in [5.74, 6) is -0.644. The topological polar surface area (TPSA) is 128 Å². The minimum absolute atomic E-state index is 0.180. The van der Waals surface area contributed by atoms with E-state index in [0.29, 0.717) is 17.1 Å². The average Bonchev–Trinajstić information content (AvgIpc) is 2.32. The Labute approximate surface area is 108 Å². The Kier molecular flexibility index (Phi) is 3.23. The fourth-order valence-corrected chi connectivity index (χ4v) is 1.71. The number of nitrogen functional groups attached to an aromatic ring is 1. The molecule has 0 fully saturated rings. The van der Waals surface area contributed by atoms with Crippen molar-refractivity contribution in [2.75, 3.05) is 23.8 Å². The Bertz CT molecular complexity index is 558. The van der Waals surface area contributed by atoms with Crippen molar-refractivity contribution < 1.29 is 19.1 Å². The number of amides is 4. The highest BCUT2D eigenvalue weighted by molar-refractivity contribution is 6.05. The van der Waals surface area contributed by atoms with E-state index in [4.69, 9.17) is 16.2 Å². The number of imide groups is 1. The number of hydrogen-bond donors (Lipinski definition) is 3. The van der Waals surface area contributed by atoms with Gasteiger partial charge in [-0.1, -0.05) is 0 Å². The van der Waals surface area contributed by atoms with Crippen molar-refractivity contribution in [3.05, 3.63) is 18.2 Å². The van der Waals surface area contributed by atoms with E-state index in [1.807, 2.05) is 5.32 Å². The van der Waals surface area contributed by atoms with E-state index in [0.717, 1.165) is 0 Å². The normalized spacial score (nSPS) is 13.5. The van der Waals surface area contributed by atoms with Gasteiger partial charge in [0.1, 0.15) is 12.3 Å². The number of anilines is 2. The molecule has 0 saturated carbocycles. The number of fused-ring (bicyclic) bond motifs is 1. The molecule has 0 spiro atoms. The molecule has 8 nitrogen and oxygen atoms in total. The molecule has 1 heterocycles. The lowest BCUT2D eigenvalue weighted by Crippen LogP contribution is -2.47. The van der Waals surface area contributed by atoms with E-state index in [1.165, 1.54) is 11.0 Å². The van der Waals surface area contributed by atoms with Crippen molar-refractivity contribution in [1.82, 2.24) is 5.32 Å². The number of ether oxygens (including phenoxy) is 1. The van der Waals surface area contributed by atoms with Gasteiger partial charge in [0.25, 0.3) is 5.91 Å². The molecule has 0 unspecified atom stereocenters. The molecule has 0 bridgehead atoms. The smallest absolute Gasteiger partial charge is 0.318 e. The van der Waals surface area contributed by atoms with Gasteiger partial charge in [0.2, 0.25) is 5.91 Å². The van der Waals surface area contributed by atoms with E-state index in [-0.39, 0.29) is 13.2 Å². The highest BCUT2D eigenvalue weighted by Crippen LogP contribution is 2.33. The number of carbonyl (C=O) groups is 3. The maximum absolute atomic E-state index is 11.8. The van der Waals surface area contributed by atoms with Crippen LogP contribution in [0.25, 0.3) is 0 Å². The number of benzene rings is 1. The average molecular weight is 264 g/mol. The van der Waals surface area contributed by atoms with E-state index < -0.39 is 17.8 Å². The monoisotopic (exact) mass is 264 g/mol. The molecule has 5 N–H and O–H groups in total. The fourth-order valence-electron chi connectivity index (χ4n) is 1.71. The summed E-state index contributed by atoms with van der Waals surface area (Å²) in [7, 11) is 0. The van der Waals surface area contributed by atoms with Crippen LogP contribution in [0.2, 0.25) is 0 Å². The third-order valence-electron chi connectivity index (χ3n) is 2.49. The Morgan fingerprint density at radius 3 is 2.84 bits per heavy atom. The molecule has 0 aromatic heterocycles. The number of hydrogen-bond acceptors (Lipinski definition) is 5. The van der Waals surface area contributed by atoms with Gasteiger partial charge in [0.15, 0.2) is 6.61 Å². The summed E-state index contributed by atoms with van der Waals surface area (Å²) in [5, 5.41) is 1.89. The van der Waals surface area contributed by atoms with Crippen LogP contribution in [-0.4, -0.2) is 31.0 Å². The molecule has 2 rings (SSSR count). The van der Waals surface area contributed by atoms with Gasteiger partial charge in [-0.05, 0) is 18.2 Å². The summed E-state index contributed by atoms with van der Waals surface area (Å²) in [6.07, 6.45) is 0. The minimum Gasteiger partial charge on any atom is -0.482 e. The molecule has 0 atom stereocenters. The van der Waals surface area contributed by atoms with Gasteiger partial charge < -0.3 is 16.2 Å². The Morgan fingerprint density at radius 2 is 2.16 bits per heavy atom. The maximum atomic E-state index is 11.8. The molecule has 19 heavy (non-hydrogen) atoms. The fraction of sp³-hybridized carbons (Fsp3) is 0.182. The molecule has 1 aliphatic heterocycles. The van der Waals surface area contributed by atoms with Gasteiger partial charge in [-0.3, -0.25) is 19.8 Å². The standard InChI is InChI=1S/C11H12N4O4/c12-6-1-2-8-7(3-6)15(10(17)5-19-8)4-9(16)14-11(13)18/h1-3H,4-5,12H2,(H3,13,14,16,18). The Balaban J connectivity index is 2.25. The zero-order valence-corrected chi connectivity index (χ0v) is 9.88. The second-order valence-corrected chi connectivity index (χ2v) is 3.91. The summed E-state index contributed by atoms with van der Waals surface area (Å²) < 4.78 is 5.21. The largest absolute Gasteiger partial charge is 0.482 e. The van der Waals surface area contributed by atoms with Gasteiger partial charge in [0, 0.05) is 5.69 Å². The minimum atomic E-state index is -0.974. The summed E-state index contributed by atoms with van der Waals surface area (Å²) in [6, 6.07) is 3.77. The molecule has 0 radical (unpaired) electrons. The number of nitrogens with one attached hydrogen (secondary N) is 1. The quantitative estimate of drug-likeness (QED) is 0.602. The summed E-state index contributed by atoms with van der Waals surface area (Å²) in [6.45, 7) is -0.512. The van der Waals surface area contributed by atoms with Crippen LogP contribution < -0.4 is 26.4 Å². The molecular weight excluding hydrogens is 252 g/mol. The summed E-state index contributed by atoms with van der Waals surface area (Å²) in [5.41, 5.74) is 11.3. The molecule has 8 heteroatoms. The SMILES string of the molecule is NC(=O)NC(=O)CN1C(=O)COc2ccc(N)cc21. The third kappa shape index (κ3) is 2.73. The molecule has 4 amide bonds. The molecule has 1 aromatic carbocycles. The predicted molar refractivity (Wildman–Crippen MR) is 66.4 cm³/mol. The van der Waals surface area contributed by atoms with Crippen LogP contribution in [0.1, 0.15) is 0 Å². The lowest BCUT2D eigenvalue weighted by atomic mass is 10.2. The van der Waals surface area contributed by atoms with Crippen molar-refractivity contribution in [3.8, 4) is 5.75 Å². The van der Waals surface area contributed by atoms with Crippen LogP contribution in [0.3, 0.4) is 0 Å². The number of rotatable bonds is 2. The highest BCUT2D eigenvalue weighted by atomic mass is 16.5. The van der Waals surface area contributed by atoms with Crippen molar-refractivity contribution >= 4 is 29.2 Å². The first-order chi connectivity index (χ1) is 8.97. The molecule has 0 aliphatic carbocycles. The summed E-state index contributed by atoms with van der Waals surface area (Å²) in [4.78, 5) is 35.0. The van der Waals surface area contributed by atoms with E-state index in [1.54, 1.807) is 12.1 Å². The maximum Gasteiger partial charge on any atom is 0.318 e. The van der Waals surface area contributed by atoms with Crippen molar-refractivity contribution in [3.63, 3.8) is 0 Å². The third-order valence-corrected chi connectivity index (χ3v) is 2.49.